The molecule has 0 saturated carbocycles. The topological polar surface area (TPSA) is 52.9 Å². The summed E-state index contributed by atoms with van der Waals surface area (Å²) in [5.74, 6) is 0. The van der Waals surface area contributed by atoms with Crippen molar-refractivity contribution in [2.75, 3.05) is 40.0 Å². The van der Waals surface area contributed by atoms with Crippen molar-refractivity contribution in [3.63, 3.8) is 0 Å². The van der Waals surface area contributed by atoms with Crippen LogP contribution in [0.5, 0.6) is 0 Å². The van der Waals surface area contributed by atoms with E-state index in [4.69, 9.17) is 4.74 Å². The molecule has 4 heteroatoms. The second-order valence-electron chi connectivity index (χ2n) is 6.23. The molecule has 2 N–H and O–H groups in total. The lowest BCUT2D eigenvalue weighted by Gasteiger charge is -2.38. The standard InChI is InChI=1S/C14H29NO3/c1-4-5-13(2,12-16)10-15(3)11-14(17)6-8-18-9-7-14/h16-17H,4-12H2,1-3H3. The third-order valence-corrected chi connectivity index (χ3v) is 3.87. The van der Waals surface area contributed by atoms with Crippen molar-refractivity contribution >= 4 is 0 Å². The molecule has 108 valence electrons. The van der Waals surface area contributed by atoms with Crippen LogP contribution in [-0.4, -0.2) is 60.7 Å². The Hall–Kier alpha value is -0.160. The zero-order valence-electron chi connectivity index (χ0n) is 12.1. The molecule has 1 rings (SSSR count). The molecule has 0 bridgehead atoms. The predicted molar refractivity (Wildman–Crippen MR) is 72.6 cm³/mol. The first-order valence-corrected chi connectivity index (χ1v) is 7.03. The van der Waals surface area contributed by atoms with Crippen molar-refractivity contribution in [1.82, 2.24) is 4.90 Å². The maximum Gasteiger partial charge on any atom is 0.0817 e. The van der Waals surface area contributed by atoms with Gasteiger partial charge in [0, 0.05) is 51.2 Å². The fourth-order valence-electron chi connectivity index (χ4n) is 2.93. The van der Waals surface area contributed by atoms with Gasteiger partial charge < -0.3 is 19.8 Å². The highest BCUT2D eigenvalue weighted by Crippen LogP contribution is 2.26. The van der Waals surface area contributed by atoms with Gasteiger partial charge in [0.2, 0.25) is 0 Å². The van der Waals surface area contributed by atoms with Crippen LogP contribution in [0.15, 0.2) is 0 Å². The summed E-state index contributed by atoms with van der Waals surface area (Å²) < 4.78 is 5.29. The smallest absolute Gasteiger partial charge is 0.0817 e. The Morgan fingerprint density at radius 3 is 2.44 bits per heavy atom. The highest BCUT2D eigenvalue weighted by atomic mass is 16.5. The number of likely N-dealkylation sites (N-methyl/N-ethyl adjacent to an activating group) is 1. The fraction of sp³-hybridized carbons (Fsp3) is 1.00. The molecule has 0 radical (unpaired) electrons. The van der Waals surface area contributed by atoms with E-state index >= 15 is 0 Å². The van der Waals surface area contributed by atoms with Crippen LogP contribution in [0.3, 0.4) is 0 Å². The highest BCUT2D eigenvalue weighted by Gasteiger charge is 2.33. The van der Waals surface area contributed by atoms with Crippen molar-refractivity contribution in [3.8, 4) is 0 Å². The summed E-state index contributed by atoms with van der Waals surface area (Å²) >= 11 is 0. The second-order valence-corrected chi connectivity index (χ2v) is 6.23. The monoisotopic (exact) mass is 259 g/mol. The van der Waals surface area contributed by atoms with Crippen molar-refractivity contribution in [3.05, 3.63) is 0 Å². The van der Waals surface area contributed by atoms with Gasteiger partial charge in [0.1, 0.15) is 0 Å². The van der Waals surface area contributed by atoms with Gasteiger partial charge in [-0.3, -0.25) is 0 Å². The van der Waals surface area contributed by atoms with E-state index in [0.29, 0.717) is 32.6 Å². The van der Waals surface area contributed by atoms with E-state index in [9.17, 15) is 10.2 Å². The van der Waals surface area contributed by atoms with Crippen LogP contribution in [0.1, 0.15) is 39.5 Å². The first-order valence-electron chi connectivity index (χ1n) is 7.03. The molecule has 4 nitrogen and oxygen atoms in total. The molecule has 1 atom stereocenters. The van der Waals surface area contributed by atoms with Crippen LogP contribution in [0.2, 0.25) is 0 Å². The van der Waals surface area contributed by atoms with E-state index in [0.717, 1.165) is 19.4 Å². The SMILES string of the molecule is CCCC(C)(CO)CN(C)CC1(O)CCOCC1. The van der Waals surface area contributed by atoms with Crippen LogP contribution in [0.4, 0.5) is 0 Å². The molecular formula is C14H29NO3. The lowest BCUT2D eigenvalue weighted by molar-refractivity contribution is -0.0815. The zero-order chi connectivity index (χ0) is 13.6. The number of aliphatic hydroxyl groups is 2. The van der Waals surface area contributed by atoms with Gasteiger partial charge in [0.05, 0.1) is 5.60 Å². The van der Waals surface area contributed by atoms with Crippen LogP contribution < -0.4 is 0 Å². The minimum absolute atomic E-state index is 0.0645. The lowest BCUT2D eigenvalue weighted by Crippen LogP contribution is -2.48. The van der Waals surface area contributed by atoms with Crippen LogP contribution in [-0.2, 0) is 4.74 Å². The molecule has 1 aliphatic heterocycles. The Morgan fingerprint density at radius 1 is 1.33 bits per heavy atom. The van der Waals surface area contributed by atoms with E-state index < -0.39 is 5.60 Å². The Morgan fingerprint density at radius 2 is 1.94 bits per heavy atom. The normalized spacial score (nSPS) is 23.0. The zero-order valence-corrected chi connectivity index (χ0v) is 12.1. The number of hydrogen-bond donors (Lipinski definition) is 2. The quantitative estimate of drug-likeness (QED) is 0.723. The molecule has 0 aliphatic carbocycles. The molecule has 1 aliphatic rings. The largest absolute Gasteiger partial charge is 0.396 e. The average molecular weight is 259 g/mol. The molecule has 1 saturated heterocycles. The van der Waals surface area contributed by atoms with Crippen LogP contribution in [0, 0.1) is 5.41 Å². The fourth-order valence-corrected chi connectivity index (χ4v) is 2.93. The van der Waals surface area contributed by atoms with Crippen molar-refractivity contribution in [2.45, 2.75) is 45.1 Å². The number of nitrogens with zero attached hydrogens (tertiary/aromatic N) is 1. The summed E-state index contributed by atoms with van der Waals surface area (Å²) in [4.78, 5) is 2.15. The molecule has 1 unspecified atom stereocenters. The summed E-state index contributed by atoms with van der Waals surface area (Å²) in [7, 11) is 2.02. The van der Waals surface area contributed by atoms with Crippen molar-refractivity contribution in [2.24, 2.45) is 5.41 Å². The van der Waals surface area contributed by atoms with Gasteiger partial charge >= 0.3 is 0 Å². The molecule has 0 aromatic heterocycles. The number of aliphatic hydroxyl groups excluding tert-OH is 1. The summed E-state index contributed by atoms with van der Waals surface area (Å²) in [5.41, 5.74) is -0.680. The summed E-state index contributed by atoms with van der Waals surface area (Å²) in [6, 6.07) is 0. The third-order valence-electron chi connectivity index (χ3n) is 3.87. The van der Waals surface area contributed by atoms with Gasteiger partial charge in [-0.1, -0.05) is 20.3 Å². The van der Waals surface area contributed by atoms with E-state index in [1.54, 1.807) is 0 Å². The predicted octanol–water partition coefficient (Wildman–Crippen LogP) is 1.26. The molecule has 0 spiro atoms. The maximum atomic E-state index is 10.5. The maximum absolute atomic E-state index is 10.5. The summed E-state index contributed by atoms with van der Waals surface area (Å²) in [6.07, 6.45) is 3.50. The van der Waals surface area contributed by atoms with E-state index in [1.165, 1.54) is 0 Å². The van der Waals surface area contributed by atoms with E-state index in [2.05, 4.69) is 18.7 Å². The molecule has 18 heavy (non-hydrogen) atoms. The van der Waals surface area contributed by atoms with E-state index in [-0.39, 0.29) is 12.0 Å². The van der Waals surface area contributed by atoms with Gasteiger partial charge in [0.15, 0.2) is 0 Å². The molecule has 0 aromatic carbocycles. The van der Waals surface area contributed by atoms with Gasteiger partial charge in [-0.25, -0.2) is 0 Å². The number of rotatable bonds is 7. The molecule has 1 fully saturated rings. The Balaban J connectivity index is 2.46. The Bertz CT molecular complexity index is 230. The number of ether oxygens (including phenoxy) is 1. The van der Waals surface area contributed by atoms with Gasteiger partial charge in [0.25, 0.3) is 0 Å². The Labute approximate surface area is 111 Å². The molecular weight excluding hydrogens is 230 g/mol. The van der Waals surface area contributed by atoms with Gasteiger partial charge in [-0.15, -0.1) is 0 Å². The third kappa shape index (κ3) is 4.84. The molecule has 0 aromatic rings. The minimum Gasteiger partial charge on any atom is -0.396 e. The first-order chi connectivity index (χ1) is 8.43. The van der Waals surface area contributed by atoms with Crippen molar-refractivity contribution < 1.29 is 14.9 Å². The second kappa shape index (κ2) is 6.85. The highest BCUT2D eigenvalue weighted by molar-refractivity contribution is 4.86. The number of hydrogen-bond acceptors (Lipinski definition) is 4. The van der Waals surface area contributed by atoms with Crippen LogP contribution in [0.25, 0.3) is 0 Å². The first kappa shape index (κ1) is 15.9. The molecule has 1 heterocycles. The Kier molecular flexibility index (Phi) is 6.05. The minimum atomic E-state index is -0.615. The van der Waals surface area contributed by atoms with Crippen LogP contribution >= 0.6 is 0 Å². The lowest BCUT2D eigenvalue weighted by atomic mass is 9.85. The van der Waals surface area contributed by atoms with Gasteiger partial charge in [-0.2, -0.15) is 0 Å². The summed E-state index contributed by atoms with van der Waals surface area (Å²) in [6.45, 7) is 7.23. The summed E-state index contributed by atoms with van der Waals surface area (Å²) in [5, 5.41) is 20.0. The van der Waals surface area contributed by atoms with Crippen molar-refractivity contribution in [1.29, 1.82) is 0 Å². The average Bonchev–Trinajstić information content (AvgIpc) is 2.29. The van der Waals surface area contributed by atoms with Gasteiger partial charge in [-0.05, 0) is 13.5 Å². The molecule has 0 amide bonds. The van der Waals surface area contributed by atoms with E-state index in [1.807, 2.05) is 7.05 Å².